The molecule has 1 heterocycles. The molecular formula is C21H21NO5. The number of aliphatic hydroxyl groups excluding tert-OH is 1. The van der Waals surface area contributed by atoms with Gasteiger partial charge in [0.15, 0.2) is 6.61 Å². The first-order valence-corrected chi connectivity index (χ1v) is 8.62. The van der Waals surface area contributed by atoms with Gasteiger partial charge in [0.2, 0.25) is 0 Å². The van der Waals surface area contributed by atoms with Gasteiger partial charge in [-0.05, 0) is 37.1 Å². The van der Waals surface area contributed by atoms with Crippen molar-refractivity contribution in [1.29, 1.82) is 0 Å². The fraction of sp³-hybridized carbons (Fsp3) is 0.238. The fourth-order valence-electron chi connectivity index (χ4n) is 2.72. The van der Waals surface area contributed by atoms with Crippen LogP contribution in [0.5, 0.6) is 5.75 Å². The van der Waals surface area contributed by atoms with Crippen LogP contribution in [-0.2, 0) is 4.79 Å². The molecule has 0 aliphatic heterocycles. The van der Waals surface area contributed by atoms with Crippen molar-refractivity contribution in [2.45, 2.75) is 20.0 Å². The van der Waals surface area contributed by atoms with Crippen LogP contribution in [0.2, 0.25) is 0 Å². The predicted molar refractivity (Wildman–Crippen MR) is 102 cm³/mol. The van der Waals surface area contributed by atoms with Crippen LogP contribution in [-0.4, -0.2) is 24.2 Å². The summed E-state index contributed by atoms with van der Waals surface area (Å²) >= 11 is 0. The lowest BCUT2D eigenvalue weighted by Gasteiger charge is -2.13. The molecule has 0 aliphatic rings. The first-order valence-electron chi connectivity index (χ1n) is 8.62. The topological polar surface area (TPSA) is 88.8 Å². The fourth-order valence-corrected chi connectivity index (χ4v) is 2.72. The maximum absolute atomic E-state index is 11.9. The zero-order valence-corrected chi connectivity index (χ0v) is 15.2. The molecule has 6 nitrogen and oxygen atoms in total. The lowest BCUT2D eigenvalue weighted by Crippen LogP contribution is -2.32. The molecule has 27 heavy (non-hydrogen) atoms. The highest BCUT2D eigenvalue weighted by Gasteiger charge is 2.11. The molecule has 0 fully saturated rings. The Kier molecular flexibility index (Phi) is 5.57. The largest absolute Gasteiger partial charge is 0.484 e. The number of ether oxygens (including phenoxy) is 1. The van der Waals surface area contributed by atoms with E-state index in [0.717, 1.165) is 16.5 Å². The molecule has 1 atom stereocenters. The van der Waals surface area contributed by atoms with Crippen LogP contribution < -0.4 is 15.7 Å². The standard InChI is InChI=1S/C21H21NO5/c1-13-14(2)21(25)27-19-10-16(8-9-17(13)19)26-12-20(24)22-11-18(23)15-6-4-3-5-7-15/h3-10,18,23H,11-12H2,1-2H3,(H,22,24). The first kappa shape index (κ1) is 18.7. The second-order valence-electron chi connectivity index (χ2n) is 6.32. The SMILES string of the molecule is Cc1c(C)c2ccc(OCC(=O)NCC(O)c3ccccc3)cc2oc1=O. The molecule has 1 aromatic heterocycles. The van der Waals surface area contributed by atoms with Crippen molar-refractivity contribution in [3.8, 4) is 5.75 Å². The van der Waals surface area contributed by atoms with Crippen molar-refractivity contribution in [3.05, 3.63) is 75.6 Å². The molecule has 0 spiro atoms. The molecule has 3 aromatic rings. The molecule has 0 saturated heterocycles. The van der Waals surface area contributed by atoms with E-state index in [1.807, 2.05) is 25.1 Å². The van der Waals surface area contributed by atoms with Crippen LogP contribution in [0.1, 0.15) is 22.8 Å². The summed E-state index contributed by atoms with van der Waals surface area (Å²) in [5, 5.41) is 13.5. The summed E-state index contributed by atoms with van der Waals surface area (Å²) in [6.07, 6.45) is -0.781. The minimum absolute atomic E-state index is 0.0945. The number of carbonyl (C=O) groups excluding carboxylic acids is 1. The van der Waals surface area contributed by atoms with E-state index in [2.05, 4.69) is 5.32 Å². The van der Waals surface area contributed by atoms with Gasteiger partial charge in [0.1, 0.15) is 11.3 Å². The third kappa shape index (κ3) is 4.35. The van der Waals surface area contributed by atoms with E-state index < -0.39 is 6.10 Å². The van der Waals surface area contributed by atoms with E-state index in [4.69, 9.17) is 9.15 Å². The van der Waals surface area contributed by atoms with Crippen molar-refractivity contribution in [3.63, 3.8) is 0 Å². The molecule has 0 saturated carbocycles. The summed E-state index contributed by atoms with van der Waals surface area (Å²) in [4.78, 5) is 23.7. The summed E-state index contributed by atoms with van der Waals surface area (Å²) in [6, 6.07) is 14.2. The van der Waals surface area contributed by atoms with Gasteiger partial charge in [-0.2, -0.15) is 0 Å². The number of carbonyl (C=O) groups is 1. The maximum atomic E-state index is 11.9. The molecule has 140 valence electrons. The summed E-state index contributed by atoms with van der Waals surface area (Å²) in [7, 11) is 0. The van der Waals surface area contributed by atoms with Gasteiger partial charge >= 0.3 is 5.63 Å². The number of amides is 1. The number of aryl methyl sites for hydroxylation is 1. The summed E-state index contributed by atoms with van der Waals surface area (Å²) < 4.78 is 10.7. The second-order valence-corrected chi connectivity index (χ2v) is 6.32. The molecule has 0 aliphatic carbocycles. The Hall–Kier alpha value is -3.12. The Bertz CT molecular complexity index is 1010. The highest BCUT2D eigenvalue weighted by molar-refractivity contribution is 5.82. The lowest BCUT2D eigenvalue weighted by atomic mass is 10.1. The van der Waals surface area contributed by atoms with Crippen molar-refractivity contribution in [2.75, 3.05) is 13.2 Å². The smallest absolute Gasteiger partial charge is 0.339 e. The van der Waals surface area contributed by atoms with Gasteiger partial charge in [-0.1, -0.05) is 30.3 Å². The van der Waals surface area contributed by atoms with Crippen molar-refractivity contribution in [2.24, 2.45) is 0 Å². The number of aliphatic hydroxyl groups is 1. The first-order chi connectivity index (χ1) is 13.0. The van der Waals surface area contributed by atoms with Crippen molar-refractivity contribution >= 4 is 16.9 Å². The predicted octanol–water partition coefficient (Wildman–Crippen LogP) is 2.64. The summed E-state index contributed by atoms with van der Waals surface area (Å²) in [6.45, 7) is 3.47. The number of fused-ring (bicyclic) bond motifs is 1. The highest BCUT2D eigenvalue weighted by atomic mass is 16.5. The third-order valence-electron chi connectivity index (χ3n) is 4.48. The third-order valence-corrected chi connectivity index (χ3v) is 4.48. The highest BCUT2D eigenvalue weighted by Crippen LogP contribution is 2.23. The van der Waals surface area contributed by atoms with Crippen molar-refractivity contribution in [1.82, 2.24) is 5.32 Å². The number of benzene rings is 2. The Morgan fingerprint density at radius 3 is 2.63 bits per heavy atom. The van der Waals surface area contributed by atoms with Crippen LogP contribution in [0.15, 0.2) is 57.7 Å². The van der Waals surface area contributed by atoms with Gasteiger partial charge in [-0.15, -0.1) is 0 Å². The maximum Gasteiger partial charge on any atom is 0.339 e. The quantitative estimate of drug-likeness (QED) is 0.654. The molecule has 0 radical (unpaired) electrons. The monoisotopic (exact) mass is 367 g/mol. The molecule has 1 unspecified atom stereocenters. The van der Waals surface area contributed by atoms with Crippen molar-refractivity contribution < 1.29 is 19.1 Å². The Balaban J connectivity index is 1.59. The zero-order chi connectivity index (χ0) is 19.4. The molecule has 3 rings (SSSR count). The number of rotatable bonds is 6. The second kappa shape index (κ2) is 8.05. The van der Waals surface area contributed by atoms with Crippen LogP contribution >= 0.6 is 0 Å². The molecular weight excluding hydrogens is 346 g/mol. The van der Waals surface area contributed by atoms with Crippen LogP contribution in [0.25, 0.3) is 11.0 Å². The van der Waals surface area contributed by atoms with Gasteiger partial charge in [-0.3, -0.25) is 4.79 Å². The minimum atomic E-state index is -0.781. The van der Waals surface area contributed by atoms with E-state index in [1.54, 1.807) is 37.3 Å². The lowest BCUT2D eigenvalue weighted by molar-refractivity contribution is -0.123. The molecule has 0 bridgehead atoms. The normalized spacial score (nSPS) is 12.0. The molecule has 2 aromatic carbocycles. The van der Waals surface area contributed by atoms with E-state index in [9.17, 15) is 14.7 Å². The number of nitrogens with one attached hydrogen (secondary N) is 1. The average molecular weight is 367 g/mol. The van der Waals surface area contributed by atoms with E-state index >= 15 is 0 Å². The van der Waals surface area contributed by atoms with Crippen LogP contribution in [0.3, 0.4) is 0 Å². The van der Waals surface area contributed by atoms with Gasteiger partial charge in [0, 0.05) is 23.6 Å². The Labute approximate surface area is 156 Å². The number of hydrogen-bond acceptors (Lipinski definition) is 5. The van der Waals surface area contributed by atoms with Gasteiger partial charge < -0.3 is 19.6 Å². The number of hydrogen-bond donors (Lipinski definition) is 2. The van der Waals surface area contributed by atoms with E-state index in [0.29, 0.717) is 16.9 Å². The minimum Gasteiger partial charge on any atom is -0.484 e. The Morgan fingerprint density at radius 1 is 1.15 bits per heavy atom. The van der Waals surface area contributed by atoms with E-state index in [-0.39, 0.29) is 24.7 Å². The van der Waals surface area contributed by atoms with Gasteiger partial charge in [0.25, 0.3) is 5.91 Å². The Morgan fingerprint density at radius 2 is 1.89 bits per heavy atom. The molecule has 2 N–H and O–H groups in total. The van der Waals surface area contributed by atoms with E-state index in [1.165, 1.54) is 0 Å². The van der Waals surface area contributed by atoms with Crippen LogP contribution in [0.4, 0.5) is 0 Å². The molecule has 6 heteroatoms. The zero-order valence-electron chi connectivity index (χ0n) is 15.2. The van der Waals surface area contributed by atoms with Gasteiger partial charge in [0.05, 0.1) is 6.10 Å². The average Bonchev–Trinajstić information content (AvgIpc) is 2.69. The summed E-state index contributed by atoms with van der Waals surface area (Å²) in [5.41, 5.74) is 2.20. The van der Waals surface area contributed by atoms with Crippen LogP contribution in [0, 0.1) is 13.8 Å². The van der Waals surface area contributed by atoms with Gasteiger partial charge in [-0.25, -0.2) is 4.79 Å². The summed E-state index contributed by atoms with van der Waals surface area (Å²) in [5.74, 6) is 0.0688. The molecule has 1 amide bonds.